The standard InChI is InChI=1S/C16H12BrN5O/c17-13-12-14(8(6-18)7-21-16(12)20)22-3-4-23-11-5-9(19)1-2-10(11)15(13)22/h1-2,5,7H,3-4,19H2,(H2,20,21). The van der Waals surface area contributed by atoms with Crippen LogP contribution < -0.4 is 16.2 Å². The number of rotatable bonds is 0. The van der Waals surface area contributed by atoms with E-state index in [1.807, 2.05) is 18.2 Å². The predicted molar refractivity (Wildman–Crippen MR) is 91.9 cm³/mol. The third-order valence-electron chi connectivity index (χ3n) is 4.00. The SMILES string of the molecule is N#Cc1cnc(N)c2c(Br)c3n(c12)CCOc1cc(N)ccc1-3. The summed E-state index contributed by atoms with van der Waals surface area (Å²) in [5, 5.41) is 10.2. The minimum absolute atomic E-state index is 0.393. The second-order valence-corrected chi connectivity index (χ2v) is 6.10. The highest BCUT2D eigenvalue weighted by molar-refractivity contribution is 9.10. The highest BCUT2D eigenvalue weighted by Crippen LogP contribution is 2.45. The van der Waals surface area contributed by atoms with Crippen LogP contribution in [0, 0.1) is 11.3 Å². The van der Waals surface area contributed by atoms with E-state index in [0.29, 0.717) is 30.2 Å². The fourth-order valence-corrected chi connectivity index (χ4v) is 3.85. The summed E-state index contributed by atoms with van der Waals surface area (Å²) >= 11 is 3.64. The molecule has 1 aliphatic heterocycles. The number of benzene rings is 1. The predicted octanol–water partition coefficient (Wildman–Crippen LogP) is 2.89. The van der Waals surface area contributed by atoms with Gasteiger partial charge in [-0.2, -0.15) is 5.26 Å². The van der Waals surface area contributed by atoms with E-state index in [0.717, 1.165) is 32.4 Å². The van der Waals surface area contributed by atoms with Gasteiger partial charge in [-0.1, -0.05) is 0 Å². The number of nitrogens with zero attached hydrogens (tertiary/aromatic N) is 3. The first kappa shape index (κ1) is 13.9. The Kier molecular flexibility index (Phi) is 2.96. The maximum Gasteiger partial charge on any atom is 0.134 e. The third kappa shape index (κ3) is 1.88. The van der Waals surface area contributed by atoms with Gasteiger partial charge < -0.3 is 20.8 Å². The molecule has 23 heavy (non-hydrogen) atoms. The van der Waals surface area contributed by atoms with Crippen molar-refractivity contribution in [1.82, 2.24) is 9.55 Å². The van der Waals surface area contributed by atoms with Gasteiger partial charge in [-0.3, -0.25) is 0 Å². The topological polar surface area (TPSA) is 103 Å². The molecule has 3 heterocycles. The van der Waals surface area contributed by atoms with Crippen LogP contribution in [0.3, 0.4) is 0 Å². The molecule has 0 atom stereocenters. The van der Waals surface area contributed by atoms with E-state index in [4.69, 9.17) is 16.2 Å². The summed E-state index contributed by atoms with van der Waals surface area (Å²) in [5.41, 5.74) is 15.7. The van der Waals surface area contributed by atoms with Crippen molar-refractivity contribution < 1.29 is 4.74 Å². The fraction of sp³-hybridized carbons (Fsp3) is 0.125. The maximum absolute atomic E-state index is 9.43. The zero-order valence-electron chi connectivity index (χ0n) is 12.0. The van der Waals surface area contributed by atoms with E-state index in [1.54, 1.807) is 0 Å². The van der Waals surface area contributed by atoms with Crippen LogP contribution in [0.4, 0.5) is 11.5 Å². The number of hydrogen-bond acceptors (Lipinski definition) is 5. The molecule has 0 saturated carbocycles. The Morgan fingerprint density at radius 2 is 2.17 bits per heavy atom. The monoisotopic (exact) mass is 369 g/mol. The molecule has 0 saturated heterocycles. The molecule has 0 amide bonds. The van der Waals surface area contributed by atoms with Crippen LogP contribution in [0.25, 0.3) is 22.2 Å². The second-order valence-electron chi connectivity index (χ2n) is 5.31. The lowest BCUT2D eigenvalue weighted by atomic mass is 10.1. The van der Waals surface area contributed by atoms with Crippen LogP contribution >= 0.6 is 15.9 Å². The Morgan fingerprint density at radius 3 is 2.96 bits per heavy atom. The molecule has 0 radical (unpaired) electrons. The average molecular weight is 370 g/mol. The summed E-state index contributed by atoms with van der Waals surface area (Å²) in [6.45, 7) is 1.08. The molecular weight excluding hydrogens is 358 g/mol. The van der Waals surface area contributed by atoms with Gasteiger partial charge in [-0.05, 0) is 28.1 Å². The Hall–Kier alpha value is -2.72. The largest absolute Gasteiger partial charge is 0.491 e. The molecule has 114 valence electrons. The highest BCUT2D eigenvalue weighted by Gasteiger charge is 2.26. The molecule has 3 aromatic rings. The first-order valence-corrected chi connectivity index (χ1v) is 7.80. The van der Waals surface area contributed by atoms with Gasteiger partial charge in [0.2, 0.25) is 0 Å². The van der Waals surface area contributed by atoms with Gasteiger partial charge in [0.1, 0.15) is 24.2 Å². The lowest BCUT2D eigenvalue weighted by Crippen LogP contribution is -2.06. The fourth-order valence-electron chi connectivity index (χ4n) is 3.03. The van der Waals surface area contributed by atoms with Crippen molar-refractivity contribution in [2.45, 2.75) is 6.54 Å². The minimum atomic E-state index is 0.393. The molecule has 0 fully saturated rings. The summed E-state index contributed by atoms with van der Waals surface area (Å²) in [6, 6.07) is 7.75. The number of nitriles is 1. The first-order valence-electron chi connectivity index (χ1n) is 7.00. The summed E-state index contributed by atoms with van der Waals surface area (Å²) in [5.74, 6) is 1.11. The molecule has 0 unspecified atom stereocenters. The summed E-state index contributed by atoms with van der Waals surface area (Å²) in [6.07, 6.45) is 1.51. The number of fused-ring (bicyclic) bond motifs is 5. The second kappa shape index (κ2) is 4.89. The van der Waals surface area contributed by atoms with Gasteiger partial charge in [-0.25, -0.2) is 4.98 Å². The number of aromatic nitrogens is 2. The van der Waals surface area contributed by atoms with Gasteiger partial charge in [0.25, 0.3) is 0 Å². The van der Waals surface area contributed by atoms with Crippen LogP contribution in [0.5, 0.6) is 5.75 Å². The van der Waals surface area contributed by atoms with Gasteiger partial charge in [0.15, 0.2) is 0 Å². The lowest BCUT2D eigenvalue weighted by molar-refractivity contribution is 0.308. The van der Waals surface area contributed by atoms with Crippen molar-refractivity contribution in [3.8, 4) is 23.1 Å². The molecule has 2 aromatic heterocycles. The average Bonchev–Trinajstić information content (AvgIpc) is 2.71. The van der Waals surface area contributed by atoms with Crippen LogP contribution in [-0.4, -0.2) is 16.2 Å². The first-order chi connectivity index (χ1) is 11.1. The molecule has 0 spiro atoms. The number of pyridine rings is 1. The summed E-state index contributed by atoms with van der Waals surface area (Å²) in [7, 11) is 0. The van der Waals surface area contributed by atoms with Crippen molar-refractivity contribution in [3.63, 3.8) is 0 Å². The quantitative estimate of drug-likeness (QED) is 0.593. The van der Waals surface area contributed by atoms with Crippen LogP contribution in [-0.2, 0) is 6.54 Å². The summed E-state index contributed by atoms with van der Waals surface area (Å²) < 4.78 is 8.69. The van der Waals surface area contributed by atoms with Crippen molar-refractivity contribution >= 4 is 38.3 Å². The molecular formula is C16H12BrN5O. The van der Waals surface area contributed by atoms with Gasteiger partial charge in [0, 0.05) is 23.5 Å². The van der Waals surface area contributed by atoms with Crippen molar-refractivity contribution in [1.29, 1.82) is 5.26 Å². The van der Waals surface area contributed by atoms with E-state index >= 15 is 0 Å². The maximum atomic E-state index is 9.43. The molecule has 4 rings (SSSR count). The normalized spacial score (nSPS) is 12.9. The van der Waals surface area contributed by atoms with Gasteiger partial charge >= 0.3 is 0 Å². The van der Waals surface area contributed by atoms with Crippen molar-refractivity contribution in [3.05, 3.63) is 34.4 Å². The zero-order chi connectivity index (χ0) is 16.1. The summed E-state index contributed by atoms with van der Waals surface area (Å²) in [4.78, 5) is 4.14. The van der Waals surface area contributed by atoms with Gasteiger partial charge in [0.05, 0.1) is 33.2 Å². The molecule has 4 N–H and O–H groups in total. The van der Waals surface area contributed by atoms with E-state index in [-0.39, 0.29) is 0 Å². The van der Waals surface area contributed by atoms with Crippen LogP contribution in [0.2, 0.25) is 0 Å². The Morgan fingerprint density at radius 1 is 1.35 bits per heavy atom. The van der Waals surface area contributed by atoms with E-state index in [2.05, 4.69) is 31.6 Å². The number of nitrogen functional groups attached to an aromatic ring is 2. The minimum Gasteiger partial charge on any atom is -0.491 e. The van der Waals surface area contributed by atoms with Crippen molar-refractivity contribution in [2.24, 2.45) is 0 Å². The van der Waals surface area contributed by atoms with Crippen molar-refractivity contribution in [2.75, 3.05) is 18.1 Å². The number of nitrogens with two attached hydrogens (primary N) is 2. The number of ether oxygens (including phenoxy) is 1. The molecule has 1 aliphatic rings. The number of anilines is 2. The third-order valence-corrected chi connectivity index (χ3v) is 4.77. The Bertz CT molecular complexity index is 1000. The Labute approximate surface area is 140 Å². The molecule has 1 aromatic carbocycles. The smallest absolute Gasteiger partial charge is 0.134 e. The van der Waals surface area contributed by atoms with E-state index in [9.17, 15) is 5.26 Å². The van der Waals surface area contributed by atoms with Gasteiger partial charge in [-0.15, -0.1) is 0 Å². The Balaban J connectivity index is 2.18. The molecule has 0 aliphatic carbocycles. The van der Waals surface area contributed by atoms with Crippen LogP contribution in [0.15, 0.2) is 28.9 Å². The van der Waals surface area contributed by atoms with Crippen LogP contribution in [0.1, 0.15) is 5.56 Å². The molecule has 0 bridgehead atoms. The van der Waals surface area contributed by atoms with E-state index < -0.39 is 0 Å². The molecule has 6 nitrogen and oxygen atoms in total. The molecule has 7 heteroatoms. The lowest BCUT2D eigenvalue weighted by Gasteiger charge is -2.08. The zero-order valence-corrected chi connectivity index (χ0v) is 13.6. The highest BCUT2D eigenvalue weighted by atomic mass is 79.9. The van der Waals surface area contributed by atoms with E-state index in [1.165, 1.54) is 6.20 Å². The number of hydrogen-bond donors (Lipinski definition) is 2. The number of halogens is 1.